The third kappa shape index (κ3) is 3.93. The molecule has 0 spiro atoms. The minimum absolute atomic E-state index is 0.102. The van der Waals surface area contributed by atoms with E-state index in [1.165, 1.54) is 0 Å². The maximum absolute atomic E-state index is 11.9. The molecule has 5 heteroatoms. The maximum Gasteiger partial charge on any atom is 0.238 e. The Morgan fingerprint density at radius 2 is 2.26 bits per heavy atom. The molecule has 4 nitrogen and oxygen atoms in total. The quantitative estimate of drug-likeness (QED) is 0.891. The highest BCUT2D eigenvalue weighted by atomic mass is 35.5. The summed E-state index contributed by atoms with van der Waals surface area (Å²) in [5, 5.41) is 13.1. The van der Waals surface area contributed by atoms with Crippen LogP contribution in [0.3, 0.4) is 0 Å². The van der Waals surface area contributed by atoms with Crippen molar-refractivity contribution in [2.45, 2.75) is 19.4 Å². The monoisotopic (exact) mass is 282 g/mol. The SMILES string of the molecule is CC1CCN(CC(=O)Nc2ccccc2Cl)CC1O. The molecule has 1 fully saturated rings. The Balaban J connectivity index is 1.87. The Bertz CT molecular complexity index is 453. The molecule has 2 atom stereocenters. The predicted octanol–water partition coefficient (Wildman–Crippen LogP) is 1.98. The molecule has 0 bridgehead atoms. The van der Waals surface area contributed by atoms with Crippen molar-refractivity contribution in [3.05, 3.63) is 29.3 Å². The zero-order chi connectivity index (χ0) is 13.8. The number of aliphatic hydroxyl groups excluding tert-OH is 1. The maximum atomic E-state index is 11.9. The highest BCUT2D eigenvalue weighted by molar-refractivity contribution is 6.33. The summed E-state index contributed by atoms with van der Waals surface area (Å²) in [5.41, 5.74) is 0.625. The van der Waals surface area contributed by atoms with Crippen LogP contribution in [0.4, 0.5) is 5.69 Å². The third-order valence-corrected chi connectivity index (χ3v) is 3.85. The van der Waals surface area contributed by atoms with E-state index in [1.807, 2.05) is 24.0 Å². The predicted molar refractivity (Wildman–Crippen MR) is 76.3 cm³/mol. The molecule has 1 aromatic rings. The fourth-order valence-corrected chi connectivity index (χ4v) is 2.40. The van der Waals surface area contributed by atoms with Crippen molar-refractivity contribution >= 4 is 23.2 Å². The number of carbonyl (C=O) groups is 1. The molecule has 0 aromatic heterocycles. The second-order valence-electron chi connectivity index (χ2n) is 5.10. The first kappa shape index (κ1) is 14.3. The Morgan fingerprint density at radius 3 is 2.95 bits per heavy atom. The topological polar surface area (TPSA) is 52.6 Å². The van der Waals surface area contributed by atoms with Gasteiger partial charge in [0.25, 0.3) is 0 Å². The van der Waals surface area contributed by atoms with E-state index >= 15 is 0 Å². The van der Waals surface area contributed by atoms with Crippen molar-refractivity contribution in [2.75, 3.05) is 25.0 Å². The molecule has 2 rings (SSSR count). The Kier molecular flexibility index (Phi) is 4.80. The smallest absolute Gasteiger partial charge is 0.238 e. The molecule has 1 aromatic carbocycles. The largest absolute Gasteiger partial charge is 0.392 e. The highest BCUT2D eigenvalue weighted by Crippen LogP contribution is 2.21. The lowest BCUT2D eigenvalue weighted by Crippen LogP contribution is -2.45. The fraction of sp³-hybridized carbons (Fsp3) is 0.500. The van der Waals surface area contributed by atoms with E-state index in [1.54, 1.807) is 12.1 Å². The van der Waals surface area contributed by atoms with Crippen molar-refractivity contribution in [3.8, 4) is 0 Å². The first-order valence-electron chi connectivity index (χ1n) is 6.51. The molecule has 0 aliphatic carbocycles. The number of anilines is 1. The molecule has 2 N–H and O–H groups in total. The van der Waals surface area contributed by atoms with Crippen LogP contribution in [0.25, 0.3) is 0 Å². The van der Waals surface area contributed by atoms with Gasteiger partial charge in [-0.2, -0.15) is 0 Å². The van der Waals surface area contributed by atoms with Gasteiger partial charge in [-0.1, -0.05) is 30.7 Å². The van der Waals surface area contributed by atoms with Crippen LogP contribution in [0.5, 0.6) is 0 Å². The van der Waals surface area contributed by atoms with E-state index in [0.717, 1.165) is 13.0 Å². The van der Waals surface area contributed by atoms with E-state index in [4.69, 9.17) is 11.6 Å². The normalized spacial score (nSPS) is 24.2. The highest BCUT2D eigenvalue weighted by Gasteiger charge is 2.25. The first-order chi connectivity index (χ1) is 9.06. The third-order valence-electron chi connectivity index (χ3n) is 3.52. The van der Waals surface area contributed by atoms with E-state index in [2.05, 4.69) is 5.32 Å². The van der Waals surface area contributed by atoms with Crippen LogP contribution in [0.15, 0.2) is 24.3 Å². The van der Waals surface area contributed by atoms with Gasteiger partial charge in [-0.25, -0.2) is 0 Å². The molecule has 1 saturated heterocycles. The number of aliphatic hydroxyl groups is 1. The minimum atomic E-state index is -0.345. The first-order valence-corrected chi connectivity index (χ1v) is 6.89. The van der Waals surface area contributed by atoms with Gasteiger partial charge in [-0.15, -0.1) is 0 Å². The zero-order valence-corrected chi connectivity index (χ0v) is 11.7. The van der Waals surface area contributed by atoms with Crippen molar-refractivity contribution < 1.29 is 9.90 Å². The van der Waals surface area contributed by atoms with Crippen LogP contribution in [-0.4, -0.2) is 41.7 Å². The van der Waals surface area contributed by atoms with Crippen LogP contribution < -0.4 is 5.32 Å². The molecule has 1 aliphatic rings. The minimum Gasteiger partial charge on any atom is -0.392 e. The van der Waals surface area contributed by atoms with E-state index < -0.39 is 0 Å². The van der Waals surface area contributed by atoms with Crippen LogP contribution in [0, 0.1) is 5.92 Å². The molecular formula is C14H19ClN2O2. The van der Waals surface area contributed by atoms with Gasteiger partial charge >= 0.3 is 0 Å². The summed E-state index contributed by atoms with van der Waals surface area (Å²) in [5.74, 6) is 0.206. The summed E-state index contributed by atoms with van der Waals surface area (Å²) in [6, 6.07) is 7.16. The van der Waals surface area contributed by atoms with E-state index in [9.17, 15) is 9.90 Å². The molecule has 0 radical (unpaired) electrons. The molecule has 19 heavy (non-hydrogen) atoms. The average molecular weight is 283 g/mol. The number of benzene rings is 1. The van der Waals surface area contributed by atoms with Crippen LogP contribution >= 0.6 is 11.6 Å². The molecule has 1 amide bonds. The molecular weight excluding hydrogens is 264 g/mol. The number of hydrogen-bond acceptors (Lipinski definition) is 3. The standard InChI is InChI=1S/C14H19ClN2O2/c1-10-6-7-17(8-13(10)18)9-14(19)16-12-5-3-2-4-11(12)15/h2-5,10,13,18H,6-9H2,1H3,(H,16,19). The lowest BCUT2D eigenvalue weighted by molar-refractivity contribution is -0.118. The molecule has 0 saturated carbocycles. The van der Waals surface area contributed by atoms with Gasteiger partial charge in [-0.05, 0) is 31.0 Å². The number of nitrogens with one attached hydrogen (secondary N) is 1. The molecule has 104 valence electrons. The van der Waals surface area contributed by atoms with Gasteiger partial charge in [0, 0.05) is 6.54 Å². The number of para-hydroxylation sites is 1. The van der Waals surface area contributed by atoms with Crippen LogP contribution in [-0.2, 0) is 4.79 Å². The number of β-amino-alcohol motifs (C(OH)–C–C–N with tert-alkyl or cyclic N) is 1. The number of carbonyl (C=O) groups excluding carboxylic acids is 1. The van der Waals surface area contributed by atoms with Gasteiger partial charge in [-0.3, -0.25) is 9.69 Å². The fourth-order valence-electron chi connectivity index (χ4n) is 2.21. The van der Waals surface area contributed by atoms with Gasteiger partial charge in [0.05, 0.1) is 23.4 Å². The number of halogens is 1. The van der Waals surface area contributed by atoms with Gasteiger partial charge in [0.1, 0.15) is 0 Å². The number of amides is 1. The summed E-state index contributed by atoms with van der Waals surface area (Å²) in [4.78, 5) is 13.9. The van der Waals surface area contributed by atoms with Crippen molar-refractivity contribution in [1.82, 2.24) is 4.90 Å². The number of piperidine rings is 1. The van der Waals surface area contributed by atoms with E-state index in [0.29, 0.717) is 23.2 Å². The Labute approximate surface area is 118 Å². The Morgan fingerprint density at radius 1 is 1.53 bits per heavy atom. The second-order valence-corrected chi connectivity index (χ2v) is 5.50. The van der Waals surface area contributed by atoms with E-state index in [-0.39, 0.29) is 18.6 Å². The average Bonchev–Trinajstić information content (AvgIpc) is 2.37. The molecule has 1 heterocycles. The number of rotatable bonds is 3. The van der Waals surface area contributed by atoms with Crippen LogP contribution in [0.2, 0.25) is 5.02 Å². The summed E-state index contributed by atoms with van der Waals surface area (Å²) >= 11 is 5.99. The molecule has 2 unspecified atom stereocenters. The number of likely N-dealkylation sites (tertiary alicyclic amines) is 1. The summed E-state index contributed by atoms with van der Waals surface area (Å²) in [6.07, 6.45) is 0.572. The lowest BCUT2D eigenvalue weighted by atomic mass is 9.96. The second kappa shape index (κ2) is 6.37. The molecule has 1 aliphatic heterocycles. The number of hydrogen-bond donors (Lipinski definition) is 2. The van der Waals surface area contributed by atoms with Gasteiger partial charge in [0.2, 0.25) is 5.91 Å². The van der Waals surface area contributed by atoms with Crippen molar-refractivity contribution in [2.24, 2.45) is 5.92 Å². The van der Waals surface area contributed by atoms with Crippen LogP contribution in [0.1, 0.15) is 13.3 Å². The Hall–Kier alpha value is -1.10. The zero-order valence-electron chi connectivity index (χ0n) is 11.0. The summed E-state index contributed by atoms with van der Waals surface area (Å²) < 4.78 is 0. The van der Waals surface area contributed by atoms with Crippen molar-refractivity contribution in [1.29, 1.82) is 0 Å². The van der Waals surface area contributed by atoms with Gasteiger partial charge < -0.3 is 10.4 Å². The summed E-state index contributed by atoms with van der Waals surface area (Å²) in [6.45, 7) is 3.71. The summed E-state index contributed by atoms with van der Waals surface area (Å²) in [7, 11) is 0. The lowest BCUT2D eigenvalue weighted by Gasteiger charge is -2.33. The van der Waals surface area contributed by atoms with Crippen molar-refractivity contribution in [3.63, 3.8) is 0 Å². The number of nitrogens with zero attached hydrogens (tertiary/aromatic N) is 1. The van der Waals surface area contributed by atoms with Gasteiger partial charge in [0.15, 0.2) is 0 Å².